The van der Waals surface area contributed by atoms with E-state index >= 15 is 0 Å². The molecule has 1 aliphatic carbocycles. The monoisotopic (exact) mass is 274 g/mol. The zero-order valence-corrected chi connectivity index (χ0v) is 11.8. The third-order valence-corrected chi connectivity index (χ3v) is 4.69. The molecule has 4 nitrogen and oxygen atoms in total. The summed E-state index contributed by atoms with van der Waals surface area (Å²) in [5.41, 5.74) is 7.11. The number of aromatic nitrogens is 1. The Kier molecular flexibility index (Phi) is 3.85. The predicted molar refractivity (Wildman–Crippen MR) is 76.3 cm³/mol. The zero-order valence-electron chi connectivity index (χ0n) is 11.8. The van der Waals surface area contributed by atoms with Crippen molar-refractivity contribution in [3.63, 3.8) is 0 Å². The van der Waals surface area contributed by atoms with Gasteiger partial charge in [-0.15, -0.1) is 0 Å². The van der Waals surface area contributed by atoms with Gasteiger partial charge in [0.05, 0.1) is 11.3 Å². The molecule has 1 saturated heterocycles. The fourth-order valence-corrected chi connectivity index (χ4v) is 3.60. The first-order valence-corrected chi connectivity index (χ1v) is 7.56. The molecular weight excluding hydrogens is 252 g/mol. The number of pyridine rings is 1. The Morgan fingerprint density at radius 1 is 1.45 bits per heavy atom. The maximum atomic E-state index is 12.7. The largest absolute Gasteiger partial charge is 0.375 e. The first-order valence-electron chi connectivity index (χ1n) is 7.56. The van der Waals surface area contributed by atoms with Gasteiger partial charge in [-0.25, -0.2) is 0 Å². The molecule has 1 saturated carbocycles. The Morgan fingerprint density at radius 2 is 2.25 bits per heavy atom. The third-order valence-electron chi connectivity index (χ3n) is 4.69. The second kappa shape index (κ2) is 5.62. The maximum absolute atomic E-state index is 12.7. The SMILES string of the molecule is NCc1cc(C(=O)C2CCOC3(CCCC3)C2)ccn1. The minimum atomic E-state index is -0.0116. The van der Waals surface area contributed by atoms with E-state index in [1.54, 1.807) is 12.3 Å². The van der Waals surface area contributed by atoms with Gasteiger partial charge < -0.3 is 10.5 Å². The van der Waals surface area contributed by atoms with Crippen LogP contribution in [0.15, 0.2) is 18.3 Å². The van der Waals surface area contributed by atoms with Crippen LogP contribution in [0.2, 0.25) is 0 Å². The van der Waals surface area contributed by atoms with Crippen LogP contribution >= 0.6 is 0 Å². The third kappa shape index (κ3) is 2.63. The number of carbonyl (C=O) groups is 1. The topological polar surface area (TPSA) is 65.2 Å². The lowest BCUT2D eigenvalue weighted by Gasteiger charge is -2.37. The van der Waals surface area contributed by atoms with E-state index in [0.29, 0.717) is 13.2 Å². The summed E-state index contributed by atoms with van der Waals surface area (Å²) in [7, 11) is 0. The number of carbonyl (C=O) groups excluding carboxylic acids is 1. The molecule has 0 aromatic carbocycles. The van der Waals surface area contributed by atoms with Gasteiger partial charge in [-0.05, 0) is 37.8 Å². The molecule has 1 aromatic rings. The van der Waals surface area contributed by atoms with Crippen LogP contribution in [-0.2, 0) is 11.3 Å². The zero-order chi connectivity index (χ0) is 14.0. The number of ketones is 1. The van der Waals surface area contributed by atoms with Crippen molar-refractivity contribution in [3.05, 3.63) is 29.6 Å². The molecule has 1 atom stereocenters. The van der Waals surface area contributed by atoms with Gasteiger partial charge in [-0.3, -0.25) is 9.78 Å². The Bertz CT molecular complexity index is 495. The average Bonchev–Trinajstić information content (AvgIpc) is 2.94. The van der Waals surface area contributed by atoms with Crippen LogP contribution in [-0.4, -0.2) is 23.0 Å². The molecule has 2 N–H and O–H groups in total. The predicted octanol–water partition coefficient (Wildman–Crippen LogP) is 2.46. The maximum Gasteiger partial charge on any atom is 0.166 e. The van der Waals surface area contributed by atoms with Crippen LogP contribution in [0.3, 0.4) is 0 Å². The Labute approximate surface area is 119 Å². The van der Waals surface area contributed by atoms with Gasteiger partial charge in [0, 0.05) is 30.8 Å². The van der Waals surface area contributed by atoms with E-state index in [2.05, 4.69) is 4.98 Å². The summed E-state index contributed by atoms with van der Waals surface area (Å²) >= 11 is 0. The van der Waals surface area contributed by atoms with Gasteiger partial charge in [-0.1, -0.05) is 12.8 Å². The quantitative estimate of drug-likeness (QED) is 0.860. The summed E-state index contributed by atoms with van der Waals surface area (Å²) in [5, 5.41) is 0. The summed E-state index contributed by atoms with van der Waals surface area (Å²) in [6.07, 6.45) is 8.08. The Balaban J connectivity index is 1.76. The van der Waals surface area contributed by atoms with Crippen molar-refractivity contribution in [3.8, 4) is 0 Å². The smallest absolute Gasteiger partial charge is 0.166 e. The fraction of sp³-hybridized carbons (Fsp3) is 0.625. The highest BCUT2D eigenvalue weighted by Gasteiger charge is 2.41. The highest BCUT2D eigenvalue weighted by Crippen LogP contribution is 2.42. The molecule has 2 fully saturated rings. The molecule has 0 amide bonds. The van der Waals surface area contributed by atoms with Crippen molar-refractivity contribution in [2.24, 2.45) is 11.7 Å². The summed E-state index contributed by atoms with van der Waals surface area (Å²) in [4.78, 5) is 16.8. The van der Waals surface area contributed by atoms with Crippen LogP contribution in [0.25, 0.3) is 0 Å². The molecule has 0 bridgehead atoms. The lowest BCUT2D eigenvalue weighted by molar-refractivity contribution is -0.0866. The van der Waals surface area contributed by atoms with Crippen molar-refractivity contribution in [1.29, 1.82) is 0 Å². The van der Waals surface area contributed by atoms with Crippen molar-refractivity contribution in [2.45, 2.75) is 50.7 Å². The molecule has 2 heterocycles. The van der Waals surface area contributed by atoms with Gasteiger partial charge in [0.15, 0.2) is 5.78 Å². The molecule has 1 aliphatic heterocycles. The van der Waals surface area contributed by atoms with Crippen LogP contribution in [0, 0.1) is 5.92 Å². The van der Waals surface area contributed by atoms with Crippen LogP contribution in [0.1, 0.15) is 54.6 Å². The highest BCUT2D eigenvalue weighted by atomic mass is 16.5. The second-order valence-electron chi connectivity index (χ2n) is 6.03. The van der Waals surface area contributed by atoms with Gasteiger partial charge in [0.2, 0.25) is 0 Å². The minimum absolute atomic E-state index is 0.0116. The number of nitrogens with two attached hydrogens (primary N) is 1. The van der Waals surface area contributed by atoms with Crippen molar-refractivity contribution in [1.82, 2.24) is 4.98 Å². The van der Waals surface area contributed by atoms with Crippen LogP contribution < -0.4 is 5.73 Å². The number of rotatable bonds is 3. The minimum Gasteiger partial charge on any atom is -0.375 e. The molecule has 2 aliphatic rings. The molecule has 3 rings (SSSR count). The van der Waals surface area contributed by atoms with E-state index in [1.165, 1.54) is 12.8 Å². The summed E-state index contributed by atoms with van der Waals surface area (Å²) in [6.45, 7) is 1.09. The Morgan fingerprint density at radius 3 is 3.00 bits per heavy atom. The molecule has 0 radical (unpaired) electrons. The average molecular weight is 274 g/mol. The first-order chi connectivity index (χ1) is 9.72. The van der Waals surface area contributed by atoms with E-state index in [4.69, 9.17) is 10.5 Å². The number of nitrogens with zero attached hydrogens (tertiary/aromatic N) is 1. The first kappa shape index (κ1) is 13.7. The van der Waals surface area contributed by atoms with Crippen LogP contribution in [0.4, 0.5) is 0 Å². The molecule has 1 spiro atoms. The fourth-order valence-electron chi connectivity index (χ4n) is 3.60. The normalized spacial score (nSPS) is 24.9. The summed E-state index contributed by atoms with van der Waals surface area (Å²) < 4.78 is 6.00. The second-order valence-corrected chi connectivity index (χ2v) is 6.03. The van der Waals surface area contributed by atoms with Crippen molar-refractivity contribution >= 4 is 5.78 Å². The molecular formula is C16H22N2O2. The van der Waals surface area contributed by atoms with E-state index in [1.807, 2.05) is 6.07 Å². The number of hydrogen-bond acceptors (Lipinski definition) is 4. The van der Waals surface area contributed by atoms with E-state index < -0.39 is 0 Å². The molecule has 108 valence electrons. The van der Waals surface area contributed by atoms with Gasteiger partial charge in [0.25, 0.3) is 0 Å². The molecule has 4 heteroatoms. The number of hydrogen-bond donors (Lipinski definition) is 1. The van der Waals surface area contributed by atoms with Crippen molar-refractivity contribution < 1.29 is 9.53 Å². The highest BCUT2D eigenvalue weighted by molar-refractivity contribution is 5.98. The van der Waals surface area contributed by atoms with E-state index in [9.17, 15) is 4.79 Å². The van der Waals surface area contributed by atoms with Crippen LogP contribution in [0.5, 0.6) is 0 Å². The molecule has 1 aromatic heterocycles. The number of ether oxygens (including phenoxy) is 1. The standard InChI is InChI=1S/C16H22N2O2/c17-11-14-9-12(3-7-18-14)15(19)13-4-8-20-16(10-13)5-1-2-6-16/h3,7,9,13H,1-2,4-6,8,10-11,17H2. The van der Waals surface area contributed by atoms with E-state index in [0.717, 1.165) is 36.9 Å². The molecule has 1 unspecified atom stereocenters. The lowest BCUT2D eigenvalue weighted by atomic mass is 9.81. The van der Waals surface area contributed by atoms with Gasteiger partial charge in [-0.2, -0.15) is 0 Å². The van der Waals surface area contributed by atoms with Gasteiger partial charge >= 0.3 is 0 Å². The number of Topliss-reactive ketones (excluding diaryl/α,β-unsaturated/α-hetero) is 1. The lowest BCUT2D eigenvalue weighted by Crippen LogP contribution is -2.39. The Hall–Kier alpha value is -1.26. The summed E-state index contributed by atoms with van der Waals surface area (Å²) in [5.74, 6) is 0.326. The van der Waals surface area contributed by atoms with Crippen molar-refractivity contribution in [2.75, 3.05) is 6.61 Å². The summed E-state index contributed by atoms with van der Waals surface area (Å²) in [6, 6.07) is 3.64. The molecule has 20 heavy (non-hydrogen) atoms. The van der Waals surface area contributed by atoms with Gasteiger partial charge in [0.1, 0.15) is 0 Å². The van der Waals surface area contributed by atoms with E-state index in [-0.39, 0.29) is 17.3 Å².